The van der Waals surface area contributed by atoms with E-state index < -0.39 is 11.7 Å². The van der Waals surface area contributed by atoms with Crippen LogP contribution in [0.4, 0.5) is 13.2 Å². The molecule has 0 atom stereocenters. The maximum atomic E-state index is 13.0. The van der Waals surface area contributed by atoms with E-state index in [2.05, 4.69) is 20.5 Å². The summed E-state index contributed by atoms with van der Waals surface area (Å²) in [5, 5.41) is 6.56. The number of aliphatic imine (C=N–C) groups is 1. The fourth-order valence-electron chi connectivity index (χ4n) is 3.37. The Kier molecular flexibility index (Phi) is 6.26. The SMILES string of the molecule is CN=C(NCCN1CCOCC1)NCC1(c2cccc(C(F)(F)F)c2)CC1. The molecule has 0 aromatic heterocycles. The van der Waals surface area contributed by atoms with Crippen LogP contribution in [-0.2, 0) is 16.3 Å². The molecular formula is C19H27F3N4O. The minimum absolute atomic E-state index is 0.233. The lowest BCUT2D eigenvalue weighted by atomic mass is 9.94. The molecule has 150 valence electrons. The first-order valence-electron chi connectivity index (χ1n) is 9.35. The quantitative estimate of drug-likeness (QED) is 0.583. The zero-order chi connectivity index (χ0) is 19.3. The molecule has 1 saturated carbocycles. The van der Waals surface area contributed by atoms with E-state index in [1.807, 2.05) is 0 Å². The smallest absolute Gasteiger partial charge is 0.379 e. The van der Waals surface area contributed by atoms with Gasteiger partial charge in [0.15, 0.2) is 5.96 Å². The van der Waals surface area contributed by atoms with E-state index in [-0.39, 0.29) is 5.41 Å². The van der Waals surface area contributed by atoms with Crippen LogP contribution in [0, 0.1) is 0 Å². The van der Waals surface area contributed by atoms with E-state index in [1.165, 1.54) is 12.1 Å². The van der Waals surface area contributed by atoms with Crippen LogP contribution in [0.1, 0.15) is 24.0 Å². The van der Waals surface area contributed by atoms with E-state index in [9.17, 15) is 13.2 Å². The van der Waals surface area contributed by atoms with Gasteiger partial charge in [-0.15, -0.1) is 0 Å². The standard InChI is InChI=1S/C19H27F3N4O/c1-23-17(24-7-8-26-9-11-27-12-10-26)25-14-18(5-6-18)15-3-2-4-16(13-15)19(20,21)22/h2-4,13H,5-12,14H2,1H3,(H2,23,24,25). The molecule has 27 heavy (non-hydrogen) atoms. The van der Waals surface area contributed by atoms with Crippen LogP contribution in [0.15, 0.2) is 29.3 Å². The topological polar surface area (TPSA) is 48.9 Å². The van der Waals surface area contributed by atoms with Crippen molar-refractivity contribution in [2.24, 2.45) is 4.99 Å². The lowest BCUT2D eigenvalue weighted by Crippen LogP contribution is -2.45. The summed E-state index contributed by atoms with van der Waals surface area (Å²) in [7, 11) is 1.70. The summed E-state index contributed by atoms with van der Waals surface area (Å²) >= 11 is 0. The highest BCUT2D eigenvalue weighted by Gasteiger charge is 2.45. The Bertz CT molecular complexity index is 653. The largest absolute Gasteiger partial charge is 0.416 e. The molecule has 0 unspecified atom stereocenters. The first-order chi connectivity index (χ1) is 12.9. The highest BCUT2D eigenvalue weighted by Crippen LogP contribution is 2.48. The average Bonchev–Trinajstić information content (AvgIpc) is 3.46. The average molecular weight is 384 g/mol. The number of nitrogens with zero attached hydrogens (tertiary/aromatic N) is 2. The second-order valence-electron chi connectivity index (χ2n) is 7.17. The van der Waals surface area contributed by atoms with E-state index >= 15 is 0 Å². The first-order valence-corrected chi connectivity index (χ1v) is 9.35. The number of halogens is 3. The van der Waals surface area contributed by atoms with Gasteiger partial charge in [0.2, 0.25) is 0 Å². The maximum Gasteiger partial charge on any atom is 0.416 e. The van der Waals surface area contributed by atoms with Gasteiger partial charge < -0.3 is 15.4 Å². The molecule has 8 heteroatoms. The highest BCUT2D eigenvalue weighted by molar-refractivity contribution is 5.79. The normalized spacial score (nSPS) is 20.4. The van der Waals surface area contributed by atoms with E-state index in [0.717, 1.165) is 63.9 Å². The minimum atomic E-state index is -4.31. The van der Waals surface area contributed by atoms with Gasteiger partial charge in [-0.1, -0.05) is 18.2 Å². The molecule has 1 aromatic carbocycles. The minimum Gasteiger partial charge on any atom is -0.379 e. The van der Waals surface area contributed by atoms with Gasteiger partial charge in [0, 0.05) is 45.2 Å². The second-order valence-corrected chi connectivity index (χ2v) is 7.17. The number of benzene rings is 1. The van der Waals surface area contributed by atoms with Crippen molar-refractivity contribution in [3.8, 4) is 0 Å². The van der Waals surface area contributed by atoms with Gasteiger partial charge in [-0.3, -0.25) is 9.89 Å². The molecule has 1 aliphatic heterocycles. The third-order valence-corrected chi connectivity index (χ3v) is 5.30. The van der Waals surface area contributed by atoms with E-state index in [4.69, 9.17) is 4.74 Å². The van der Waals surface area contributed by atoms with Gasteiger partial charge in [0.05, 0.1) is 18.8 Å². The molecule has 5 nitrogen and oxygen atoms in total. The summed E-state index contributed by atoms with van der Waals surface area (Å²) in [6, 6.07) is 5.69. The Morgan fingerprint density at radius 3 is 2.59 bits per heavy atom. The molecule has 1 saturated heterocycles. The van der Waals surface area contributed by atoms with E-state index in [1.54, 1.807) is 13.1 Å². The highest BCUT2D eigenvalue weighted by atomic mass is 19.4. The van der Waals surface area contributed by atoms with Gasteiger partial charge in [-0.2, -0.15) is 13.2 Å². The third kappa shape index (κ3) is 5.35. The van der Waals surface area contributed by atoms with Crippen LogP contribution in [0.2, 0.25) is 0 Å². The summed E-state index contributed by atoms with van der Waals surface area (Å²) < 4.78 is 44.3. The summed E-state index contributed by atoms with van der Waals surface area (Å²) in [4.78, 5) is 6.55. The number of morpholine rings is 1. The Labute approximate surface area is 158 Å². The number of nitrogens with one attached hydrogen (secondary N) is 2. The number of guanidine groups is 1. The lowest BCUT2D eigenvalue weighted by molar-refractivity contribution is -0.137. The zero-order valence-corrected chi connectivity index (χ0v) is 15.6. The molecule has 1 aromatic rings. The second kappa shape index (κ2) is 8.48. The van der Waals surface area contributed by atoms with Crippen molar-refractivity contribution in [2.45, 2.75) is 24.4 Å². The van der Waals surface area contributed by atoms with Crippen molar-refractivity contribution in [3.05, 3.63) is 35.4 Å². The molecule has 2 aliphatic rings. The summed E-state index contributed by atoms with van der Waals surface area (Å²) in [5.74, 6) is 0.682. The first kappa shape index (κ1) is 19.9. The summed E-state index contributed by atoms with van der Waals surface area (Å²) in [5.41, 5.74) is -0.0730. The Morgan fingerprint density at radius 2 is 1.96 bits per heavy atom. The van der Waals surface area contributed by atoms with Crippen molar-refractivity contribution in [2.75, 3.05) is 53.0 Å². The Morgan fingerprint density at radius 1 is 1.22 bits per heavy atom. The van der Waals surface area contributed by atoms with Crippen molar-refractivity contribution < 1.29 is 17.9 Å². The maximum absolute atomic E-state index is 13.0. The van der Waals surface area contributed by atoms with E-state index in [0.29, 0.717) is 12.5 Å². The van der Waals surface area contributed by atoms with Crippen molar-refractivity contribution >= 4 is 5.96 Å². The van der Waals surface area contributed by atoms with Gasteiger partial charge >= 0.3 is 6.18 Å². The van der Waals surface area contributed by atoms with Gasteiger partial charge in [-0.25, -0.2) is 0 Å². The Balaban J connectivity index is 1.50. The monoisotopic (exact) mass is 384 g/mol. The van der Waals surface area contributed by atoms with Crippen LogP contribution in [-0.4, -0.2) is 63.8 Å². The molecule has 2 N–H and O–H groups in total. The molecule has 0 bridgehead atoms. The molecule has 0 spiro atoms. The van der Waals surface area contributed by atoms with Crippen LogP contribution in [0.3, 0.4) is 0 Å². The lowest BCUT2D eigenvalue weighted by Gasteiger charge is -2.27. The van der Waals surface area contributed by atoms with Crippen LogP contribution >= 0.6 is 0 Å². The number of hydrogen-bond acceptors (Lipinski definition) is 3. The number of hydrogen-bond donors (Lipinski definition) is 2. The predicted molar refractivity (Wildman–Crippen MR) is 99.0 cm³/mol. The van der Waals surface area contributed by atoms with Crippen molar-refractivity contribution in [1.29, 1.82) is 0 Å². The predicted octanol–water partition coefficient (Wildman–Crippen LogP) is 2.23. The third-order valence-electron chi connectivity index (χ3n) is 5.30. The fourth-order valence-corrected chi connectivity index (χ4v) is 3.37. The summed E-state index contributed by atoms with van der Waals surface area (Å²) in [6.45, 7) is 5.66. The molecule has 3 rings (SSSR count). The molecular weight excluding hydrogens is 357 g/mol. The molecule has 1 aliphatic carbocycles. The fraction of sp³-hybridized carbons (Fsp3) is 0.632. The molecule has 0 radical (unpaired) electrons. The zero-order valence-electron chi connectivity index (χ0n) is 15.6. The number of rotatable bonds is 6. The Hall–Kier alpha value is -1.80. The number of ether oxygens (including phenoxy) is 1. The molecule has 2 fully saturated rings. The van der Waals surface area contributed by atoms with Crippen LogP contribution in [0.25, 0.3) is 0 Å². The van der Waals surface area contributed by atoms with Crippen molar-refractivity contribution in [1.82, 2.24) is 15.5 Å². The van der Waals surface area contributed by atoms with Crippen LogP contribution in [0.5, 0.6) is 0 Å². The van der Waals surface area contributed by atoms with Gasteiger partial charge in [-0.05, 0) is 24.5 Å². The number of alkyl halides is 3. The van der Waals surface area contributed by atoms with Gasteiger partial charge in [0.1, 0.15) is 0 Å². The molecule has 0 amide bonds. The summed E-state index contributed by atoms with van der Waals surface area (Å²) in [6.07, 6.45) is -2.55. The van der Waals surface area contributed by atoms with Crippen LogP contribution < -0.4 is 10.6 Å². The van der Waals surface area contributed by atoms with Crippen molar-refractivity contribution in [3.63, 3.8) is 0 Å². The molecule has 1 heterocycles. The van der Waals surface area contributed by atoms with Gasteiger partial charge in [0.25, 0.3) is 0 Å².